The topological polar surface area (TPSA) is 21.3 Å². The van der Waals surface area contributed by atoms with Gasteiger partial charge in [-0.05, 0) is 16.3 Å². The van der Waals surface area contributed by atoms with E-state index >= 15 is 0 Å². The van der Waals surface area contributed by atoms with E-state index in [0.717, 1.165) is 5.56 Å². The number of fused-ring (bicyclic) bond motifs is 3. The summed E-state index contributed by atoms with van der Waals surface area (Å²) in [4.78, 5) is 5.89. The molecule has 15 heavy (non-hydrogen) atoms. The molecule has 2 nitrogen and oxygen atoms in total. The second-order valence-electron chi connectivity index (χ2n) is 3.53. The second-order valence-corrected chi connectivity index (χ2v) is 3.94. The minimum Gasteiger partial charge on any atom is -0.270 e. The molecular weight excluding hydrogens is 206 g/mol. The van der Waals surface area contributed by atoms with E-state index in [2.05, 4.69) is 29.7 Å². The van der Waals surface area contributed by atoms with Gasteiger partial charge in [0.2, 0.25) is 0 Å². The number of nitrogens with one attached hydrogen (secondary N) is 1. The molecule has 0 atom stereocenters. The van der Waals surface area contributed by atoms with Crippen molar-refractivity contribution in [1.29, 1.82) is 0 Å². The predicted molar refractivity (Wildman–Crippen MR) is 63.6 cm³/mol. The standard InChI is InChI=1S/C12H9NOS/c15-12-10-6-5-8-3-1-2-4-9(8)11(10)7-14-13-12/h1-6H,7H2,(H,13,15). The third kappa shape index (κ3) is 1.32. The van der Waals surface area contributed by atoms with E-state index in [4.69, 9.17) is 17.1 Å². The van der Waals surface area contributed by atoms with Crippen LogP contribution in [0, 0.1) is 0 Å². The zero-order chi connectivity index (χ0) is 10.3. The lowest BCUT2D eigenvalue weighted by atomic mass is 9.99. The van der Waals surface area contributed by atoms with Gasteiger partial charge < -0.3 is 0 Å². The van der Waals surface area contributed by atoms with Gasteiger partial charge in [0.25, 0.3) is 0 Å². The maximum absolute atomic E-state index is 5.23. The van der Waals surface area contributed by atoms with E-state index in [1.165, 1.54) is 16.3 Å². The number of rotatable bonds is 0. The highest BCUT2D eigenvalue weighted by atomic mass is 32.1. The molecule has 0 aliphatic carbocycles. The number of hydroxylamine groups is 1. The average Bonchev–Trinajstić information content (AvgIpc) is 2.29. The molecule has 1 heterocycles. The van der Waals surface area contributed by atoms with Crippen LogP contribution in [0.5, 0.6) is 0 Å². The van der Waals surface area contributed by atoms with Crippen molar-refractivity contribution < 1.29 is 4.84 Å². The molecule has 3 rings (SSSR count). The summed E-state index contributed by atoms with van der Waals surface area (Å²) in [5.74, 6) is 0. The van der Waals surface area contributed by atoms with Crippen molar-refractivity contribution in [2.75, 3.05) is 0 Å². The Hall–Kier alpha value is -1.45. The molecule has 1 N–H and O–H groups in total. The van der Waals surface area contributed by atoms with Crippen LogP contribution in [0.4, 0.5) is 0 Å². The summed E-state index contributed by atoms with van der Waals surface area (Å²) in [6.07, 6.45) is 0. The highest BCUT2D eigenvalue weighted by Gasteiger charge is 2.15. The summed E-state index contributed by atoms with van der Waals surface area (Å²) in [5.41, 5.74) is 4.99. The normalized spacial score (nSPS) is 14.8. The van der Waals surface area contributed by atoms with E-state index in [-0.39, 0.29) is 0 Å². The molecule has 0 bridgehead atoms. The molecule has 1 aliphatic rings. The van der Waals surface area contributed by atoms with Crippen molar-refractivity contribution in [1.82, 2.24) is 5.48 Å². The van der Waals surface area contributed by atoms with Gasteiger partial charge in [-0.15, -0.1) is 0 Å². The Labute approximate surface area is 92.8 Å². The summed E-state index contributed by atoms with van der Waals surface area (Å²) in [7, 11) is 0. The van der Waals surface area contributed by atoms with Crippen LogP contribution in [0.1, 0.15) is 11.1 Å². The first-order chi connectivity index (χ1) is 7.36. The summed E-state index contributed by atoms with van der Waals surface area (Å²) in [6, 6.07) is 12.4. The zero-order valence-corrected chi connectivity index (χ0v) is 8.80. The van der Waals surface area contributed by atoms with Crippen LogP contribution in [-0.4, -0.2) is 4.99 Å². The van der Waals surface area contributed by atoms with Gasteiger partial charge in [-0.25, -0.2) is 0 Å². The Morgan fingerprint density at radius 3 is 2.93 bits per heavy atom. The average molecular weight is 215 g/mol. The molecule has 0 fully saturated rings. The van der Waals surface area contributed by atoms with Crippen LogP contribution < -0.4 is 5.48 Å². The molecule has 0 aromatic heterocycles. The van der Waals surface area contributed by atoms with Gasteiger partial charge in [-0.2, -0.15) is 0 Å². The van der Waals surface area contributed by atoms with Crippen LogP contribution in [0.15, 0.2) is 36.4 Å². The van der Waals surface area contributed by atoms with E-state index < -0.39 is 0 Å². The Bertz CT molecular complexity index is 550. The molecule has 1 aliphatic heterocycles. The largest absolute Gasteiger partial charge is 0.270 e. The fourth-order valence-electron chi connectivity index (χ4n) is 1.93. The first-order valence-corrected chi connectivity index (χ1v) is 5.20. The third-order valence-electron chi connectivity index (χ3n) is 2.67. The molecule has 0 saturated carbocycles. The van der Waals surface area contributed by atoms with Gasteiger partial charge in [0.05, 0.1) is 0 Å². The fourth-order valence-corrected chi connectivity index (χ4v) is 2.18. The van der Waals surface area contributed by atoms with Crippen molar-refractivity contribution in [3.63, 3.8) is 0 Å². The quantitative estimate of drug-likeness (QED) is 0.682. The van der Waals surface area contributed by atoms with Gasteiger partial charge >= 0.3 is 0 Å². The van der Waals surface area contributed by atoms with Crippen LogP contribution >= 0.6 is 12.2 Å². The zero-order valence-electron chi connectivity index (χ0n) is 7.99. The van der Waals surface area contributed by atoms with Gasteiger partial charge in [-0.3, -0.25) is 10.3 Å². The van der Waals surface area contributed by atoms with Crippen LogP contribution in [-0.2, 0) is 11.4 Å². The van der Waals surface area contributed by atoms with Gasteiger partial charge in [0.15, 0.2) is 0 Å². The SMILES string of the molecule is S=C1NOCc2c1ccc1ccccc21. The van der Waals surface area contributed by atoms with Crippen molar-refractivity contribution in [2.24, 2.45) is 0 Å². The maximum atomic E-state index is 5.23. The Morgan fingerprint density at radius 1 is 1.13 bits per heavy atom. The molecule has 2 aromatic rings. The monoisotopic (exact) mass is 215 g/mol. The van der Waals surface area contributed by atoms with E-state index in [9.17, 15) is 0 Å². The summed E-state index contributed by atoms with van der Waals surface area (Å²) < 4.78 is 0. The second kappa shape index (κ2) is 3.29. The van der Waals surface area contributed by atoms with Crippen molar-refractivity contribution in [3.05, 3.63) is 47.5 Å². The third-order valence-corrected chi connectivity index (χ3v) is 2.97. The van der Waals surface area contributed by atoms with Gasteiger partial charge in [-0.1, -0.05) is 48.6 Å². The van der Waals surface area contributed by atoms with E-state index in [0.29, 0.717) is 11.6 Å². The first kappa shape index (κ1) is 8.83. The number of hydrogen-bond donors (Lipinski definition) is 1. The fraction of sp³-hybridized carbons (Fsp3) is 0.0833. The van der Waals surface area contributed by atoms with Crippen molar-refractivity contribution in [3.8, 4) is 0 Å². The molecule has 0 saturated heterocycles. The molecule has 0 amide bonds. The van der Waals surface area contributed by atoms with Crippen molar-refractivity contribution >= 4 is 28.0 Å². The predicted octanol–water partition coefficient (Wildman–Crippen LogP) is 2.55. The molecule has 2 aromatic carbocycles. The lowest BCUT2D eigenvalue weighted by Crippen LogP contribution is -2.28. The van der Waals surface area contributed by atoms with E-state index in [1.54, 1.807) is 0 Å². The molecule has 0 spiro atoms. The number of thiocarbonyl (C=S) groups is 1. The van der Waals surface area contributed by atoms with Gasteiger partial charge in [0.1, 0.15) is 11.6 Å². The minimum absolute atomic E-state index is 0.566. The van der Waals surface area contributed by atoms with Crippen LogP contribution in [0.25, 0.3) is 10.8 Å². The molecular formula is C12H9NOS. The number of hydrogen-bond acceptors (Lipinski definition) is 2. The highest BCUT2D eigenvalue weighted by molar-refractivity contribution is 7.80. The molecule has 3 heteroatoms. The maximum Gasteiger partial charge on any atom is 0.131 e. The summed E-state index contributed by atoms with van der Waals surface area (Å²) in [6.45, 7) is 0.566. The molecule has 74 valence electrons. The van der Waals surface area contributed by atoms with Crippen LogP contribution in [0.3, 0.4) is 0 Å². The Kier molecular flexibility index (Phi) is 1.94. The summed E-state index contributed by atoms with van der Waals surface area (Å²) >= 11 is 5.19. The number of benzene rings is 2. The van der Waals surface area contributed by atoms with Crippen LogP contribution in [0.2, 0.25) is 0 Å². The lowest BCUT2D eigenvalue weighted by molar-refractivity contribution is 0.0679. The highest BCUT2D eigenvalue weighted by Crippen LogP contribution is 2.25. The van der Waals surface area contributed by atoms with E-state index in [1.807, 2.05) is 12.1 Å². The lowest BCUT2D eigenvalue weighted by Gasteiger charge is -2.20. The summed E-state index contributed by atoms with van der Waals surface area (Å²) in [5, 5.41) is 2.45. The van der Waals surface area contributed by atoms with Gasteiger partial charge in [0, 0.05) is 5.56 Å². The molecule has 0 unspecified atom stereocenters. The first-order valence-electron chi connectivity index (χ1n) is 4.79. The smallest absolute Gasteiger partial charge is 0.131 e. The Balaban J connectivity index is 2.38. The minimum atomic E-state index is 0.566. The van der Waals surface area contributed by atoms with Crippen molar-refractivity contribution in [2.45, 2.75) is 6.61 Å². The Morgan fingerprint density at radius 2 is 2.00 bits per heavy atom. The molecule has 0 radical (unpaired) electrons.